The first-order valence-electron chi connectivity index (χ1n) is 8.35. The second kappa shape index (κ2) is 6.33. The van der Waals surface area contributed by atoms with Gasteiger partial charge in [0.15, 0.2) is 0 Å². The second-order valence-electron chi connectivity index (χ2n) is 6.28. The molecule has 24 heavy (non-hydrogen) atoms. The van der Waals surface area contributed by atoms with Crippen molar-refractivity contribution < 1.29 is 5.11 Å². The smallest absolute Gasteiger partial charge is 0.134 e. The zero-order valence-electron chi connectivity index (χ0n) is 13.4. The van der Waals surface area contributed by atoms with Crippen LogP contribution in [0.3, 0.4) is 0 Å². The van der Waals surface area contributed by atoms with Crippen LogP contribution in [-0.2, 0) is 0 Å². The molecule has 1 aliphatic rings. The summed E-state index contributed by atoms with van der Waals surface area (Å²) in [5, 5.41) is 11.2. The lowest BCUT2D eigenvalue weighted by atomic mass is 10.0. The van der Waals surface area contributed by atoms with Crippen LogP contribution in [0, 0.1) is 0 Å². The molecule has 0 bridgehead atoms. The number of nitrogens with zero attached hydrogens (tertiary/aromatic N) is 2. The van der Waals surface area contributed by atoms with Crippen molar-refractivity contribution in [3.8, 4) is 16.9 Å². The van der Waals surface area contributed by atoms with Gasteiger partial charge in [0.2, 0.25) is 0 Å². The average molecular weight is 339 g/mol. The average Bonchev–Trinajstić information content (AvgIpc) is 2.64. The number of phenolic OH excluding ortho intramolecular Hbond substituents is 1. The van der Waals surface area contributed by atoms with E-state index in [9.17, 15) is 5.11 Å². The maximum Gasteiger partial charge on any atom is 0.134 e. The van der Waals surface area contributed by atoms with Gasteiger partial charge < -0.3 is 10.0 Å². The van der Waals surface area contributed by atoms with E-state index in [1.54, 1.807) is 12.1 Å². The minimum Gasteiger partial charge on any atom is -0.506 e. The number of phenols is 1. The zero-order valence-corrected chi connectivity index (χ0v) is 14.1. The highest BCUT2D eigenvalue weighted by molar-refractivity contribution is 6.32. The van der Waals surface area contributed by atoms with Gasteiger partial charge in [0, 0.05) is 30.4 Å². The number of aromatic hydroxyl groups is 1. The molecular weight excluding hydrogens is 320 g/mol. The lowest BCUT2D eigenvalue weighted by molar-refractivity contribution is 0.475. The van der Waals surface area contributed by atoms with Gasteiger partial charge in [0.25, 0.3) is 0 Å². The van der Waals surface area contributed by atoms with Crippen LogP contribution in [0.15, 0.2) is 48.7 Å². The summed E-state index contributed by atoms with van der Waals surface area (Å²) >= 11 is 6.06. The number of pyridine rings is 1. The molecule has 1 fully saturated rings. The Hall–Kier alpha value is -2.26. The number of benzene rings is 2. The van der Waals surface area contributed by atoms with Crippen LogP contribution in [0.5, 0.6) is 5.75 Å². The van der Waals surface area contributed by atoms with Crippen LogP contribution in [0.4, 0.5) is 5.69 Å². The van der Waals surface area contributed by atoms with Crippen molar-refractivity contribution in [1.82, 2.24) is 4.98 Å². The zero-order chi connectivity index (χ0) is 16.5. The lowest BCUT2D eigenvalue weighted by Crippen LogP contribution is -2.29. The standard InChI is InChI=1S/C20H19ClN2O/c21-17-13-15(5-7-20(17)24)14-4-6-18-16(12-14)19(8-9-22-18)23-10-2-1-3-11-23/h4-9,12-13,24H,1-3,10-11H2. The fourth-order valence-electron chi connectivity index (χ4n) is 3.41. The highest BCUT2D eigenvalue weighted by Crippen LogP contribution is 2.34. The normalized spacial score (nSPS) is 15.0. The third-order valence-electron chi connectivity index (χ3n) is 4.70. The fraction of sp³-hybridized carbons (Fsp3) is 0.250. The summed E-state index contributed by atoms with van der Waals surface area (Å²) in [4.78, 5) is 6.97. The molecule has 0 atom stereocenters. The predicted octanol–water partition coefficient (Wildman–Crippen LogP) is 5.25. The molecule has 0 saturated carbocycles. The molecule has 2 aromatic carbocycles. The molecule has 0 radical (unpaired) electrons. The van der Waals surface area contributed by atoms with Gasteiger partial charge in [0.1, 0.15) is 5.75 Å². The second-order valence-corrected chi connectivity index (χ2v) is 6.68. The van der Waals surface area contributed by atoms with E-state index in [2.05, 4.69) is 34.1 Å². The van der Waals surface area contributed by atoms with Crippen molar-refractivity contribution in [2.45, 2.75) is 19.3 Å². The molecule has 1 saturated heterocycles. The molecule has 2 heterocycles. The van der Waals surface area contributed by atoms with Crippen LogP contribution in [0.1, 0.15) is 19.3 Å². The van der Waals surface area contributed by atoms with Gasteiger partial charge in [-0.3, -0.25) is 4.98 Å². The van der Waals surface area contributed by atoms with Crippen LogP contribution >= 0.6 is 11.6 Å². The quantitative estimate of drug-likeness (QED) is 0.693. The molecule has 0 spiro atoms. The molecule has 1 N–H and O–H groups in total. The minimum atomic E-state index is 0.108. The lowest BCUT2D eigenvalue weighted by Gasteiger charge is -2.29. The van der Waals surface area contributed by atoms with E-state index >= 15 is 0 Å². The Morgan fingerprint density at radius 2 is 1.67 bits per heavy atom. The first-order chi connectivity index (χ1) is 11.7. The number of fused-ring (bicyclic) bond motifs is 1. The predicted molar refractivity (Wildman–Crippen MR) is 99.9 cm³/mol. The van der Waals surface area contributed by atoms with E-state index in [-0.39, 0.29) is 5.75 Å². The van der Waals surface area contributed by atoms with E-state index < -0.39 is 0 Å². The molecule has 4 heteroatoms. The molecular formula is C20H19ClN2O. The van der Waals surface area contributed by atoms with E-state index in [0.717, 1.165) is 29.7 Å². The van der Waals surface area contributed by atoms with Crippen molar-refractivity contribution >= 4 is 28.2 Å². The number of anilines is 1. The van der Waals surface area contributed by atoms with Crippen LogP contribution in [0.25, 0.3) is 22.0 Å². The first kappa shape index (κ1) is 15.3. The van der Waals surface area contributed by atoms with Crippen molar-refractivity contribution in [1.29, 1.82) is 0 Å². The van der Waals surface area contributed by atoms with Gasteiger partial charge in [-0.2, -0.15) is 0 Å². The Kier molecular flexibility index (Phi) is 4.03. The molecule has 0 aliphatic carbocycles. The fourth-order valence-corrected chi connectivity index (χ4v) is 3.59. The molecule has 0 amide bonds. The molecule has 1 aliphatic heterocycles. The number of aromatic nitrogens is 1. The summed E-state index contributed by atoms with van der Waals surface area (Å²) in [6, 6.07) is 13.7. The minimum absolute atomic E-state index is 0.108. The number of hydrogen-bond acceptors (Lipinski definition) is 3. The van der Waals surface area contributed by atoms with Crippen LogP contribution in [0.2, 0.25) is 5.02 Å². The van der Waals surface area contributed by atoms with Gasteiger partial charge >= 0.3 is 0 Å². The topological polar surface area (TPSA) is 36.4 Å². The molecule has 3 nitrogen and oxygen atoms in total. The first-order valence-corrected chi connectivity index (χ1v) is 8.73. The highest BCUT2D eigenvalue weighted by Gasteiger charge is 2.14. The Bertz CT molecular complexity index is 888. The maximum absolute atomic E-state index is 9.63. The number of halogens is 1. The molecule has 122 valence electrons. The van der Waals surface area contributed by atoms with Gasteiger partial charge in [-0.25, -0.2) is 0 Å². The summed E-state index contributed by atoms with van der Waals surface area (Å²) in [6.45, 7) is 2.21. The molecule has 3 aromatic rings. The Labute approximate surface area is 146 Å². The third-order valence-corrected chi connectivity index (χ3v) is 5.00. The number of rotatable bonds is 2. The SMILES string of the molecule is Oc1ccc(-c2ccc3nccc(N4CCCCC4)c3c2)cc1Cl. The van der Waals surface area contributed by atoms with E-state index in [1.165, 1.54) is 30.3 Å². The summed E-state index contributed by atoms with van der Waals surface area (Å²) in [6.07, 6.45) is 5.70. The summed E-state index contributed by atoms with van der Waals surface area (Å²) in [7, 11) is 0. The summed E-state index contributed by atoms with van der Waals surface area (Å²) in [5.41, 5.74) is 4.34. The van der Waals surface area contributed by atoms with E-state index in [0.29, 0.717) is 5.02 Å². The Morgan fingerprint density at radius 3 is 2.46 bits per heavy atom. The van der Waals surface area contributed by atoms with Gasteiger partial charge in [-0.1, -0.05) is 23.7 Å². The van der Waals surface area contributed by atoms with E-state index in [4.69, 9.17) is 11.6 Å². The largest absolute Gasteiger partial charge is 0.506 e. The van der Waals surface area contributed by atoms with Gasteiger partial charge in [-0.05, 0) is 60.7 Å². The van der Waals surface area contributed by atoms with Crippen molar-refractivity contribution in [2.24, 2.45) is 0 Å². The molecule has 4 rings (SSSR count). The van der Waals surface area contributed by atoms with Gasteiger partial charge in [-0.15, -0.1) is 0 Å². The Balaban J connectivity index is 1.82. The Morgan fingerprint density at radius 1 is 0.917 bits per heavy atom. The number of piperidine rings is 1. The maximum atomic E-state index is 9.63. The molecule has 1 aromatic heterocycles. The van der Waals surface area contributed by atoms with Crippen molar-refractivity contribution in [3.05, 3.63) is 53.7 Å². The van der Waals surface area contributed by atoms with E-state index in [1.807, 2.05) is 12.3 Å². The van der Waals surface area contributed by atoms with Gasteiger partial charge in [0.05, 0.1) is 10.5 Å². The van der Waals surface area contributed by atoms with Crippen LogP contribution < -0.4 is 4.90 Å². The van der Waals surface area contributed by atoms with Crippen molar-refractivity contribution in [2.75, 3.05) is 18.0 Å². The van der Waals surface area contributed by atoms with Crippen LogP contribution in [-0.4, -0.2) is 23.2 Å². The monoisotopic (exact) mass is 338 g/mol. The highest BCUT2D eigenvalue weighted by atomic mass is 35.5. The summed E-state index contributed by atoms with van der Waals surface area (Å²) in [5.74, 6) is 0.108. The van der Waals surface area contributed by atoms with Crippen molar-refractivity contribution in [3.63, 3.8) is 0 Å². The molecule has 0 unspecified atom stereocenters. The third kappa shape index (κ3) is 2.80. The summed E-state index contributed by atoms with van der Waals surface area (Å²) < 4.78 is 0. The number of hydrogen-bond donors (Lipinski definition) is 1.